The van der Waals surface area contributed by atoms with Crippen molar-refractivity contribution in [3.8, 4) is 17.2 Å². The Bertz CT molecular complexity index is 406. The number of nitrogens with one attached hydrogen (secondary N) is 2. The summed E-state index contributed by atoms with van der Waals surface area (Å²) in [7, 11) is 0. The zero-order valence-corrected chi connectivity index (χ0v) is 8.40. The zero-order chi connectivity index (χ0) is 11.7. The summed E-state index contributed by atoms with van der Waals surface area (Å²) in [4.78, 5) is 11.3. The number of rotatable bonds is 2. The van der Waals surface area contributed by atoms with Gasteiger partial charge in [0.15, 0.2) is 17.2 Å². The van der Waals surface area contributed by atoms with Gasteiger partial charge >= 0.3 is 6.03 Å². The molecule has 1 aliphatic carbocycles. The first-order chi connectivity index (χ1) is 7.56. The van der Waals surface area contributed by atoms with Crippen LogP contribution < -0.4 is 10.6 Å². The molecule has 0 spiro atoms. The summed E-state index contributed by atoms with van der Waals surface area (Å²) in [6.07, 6.45) is 1.94. The summed E-state index contributed by atoms with van der Waals surface area (Å²) in [5, 5.41) is 32.6. The van der Waals surface area contributed by atoms with E-state index in [1.54, 1.807) is 0 Å². The molecule has 1 aliphatic rings. The summed E-state index contributed by atoms with van der Waals surface area (Å²) in [6.45, 7) is 0. The summed E-state index contributed by atoms with van der Waals surface area (Å²) in [5.74, 6) is -1.57. The minimum Gasteiger partial charge on any atom is -0.504 e. The topological polar surface area (TPSA) is 102 Å². The molecule has 0 atom stereocenters. The highest BCUT2D eigenvalue weighted by atomic mass is 16.3. The number of phenols is 3. The molecule has 1 aromatic carbocycles. The quantitative estimate of drug-likeness (QED) is 0.383. The Labute approximate surface area is 91.5 Å². The van der Waals surface area contributed by atoms with Crippen molar-refractivity contribution >= 4 is 11.7 Å². The summed E-state index contributed by atoms with van der Waals surface area (Å²) < 4.78 is 0. The molecule has 2 rings (SSSR count). The van der Waals surface area contributed by atoms with Gasteiger partial charge in [-0.05, 0) is 12.8 Å². The zero-order valence-electron chi connectivity index (χ0n) is 8.40. The van der Waals surface area contributed by atoms with Gasteiger partial charge < -0.3 is 26.0 Å². The predicted octanol–water partition coefficient (Wildman–Crippen LogP) is 1.09. The third kappa shape index (κ3) is 2.28. The molecule has 5 N–H and O–H groups in total. The van der Waals surface area contributed by atoms with Gasteiger partial charge in [0.1, 0.15) is 0 Å². The van der Waals surface area contributed by atoms with E-state index in [-0.39, 0.29) is 11.7 Å². The van der Waals surface area contributed by atoms with E-state index in [2.05, 4.69) is 10.6 Å². The first-order valence-corrected chi connectivity index (χ1v) is 4.88. The van der Waals surface area contributed by atoms with E-state index in [1.165, 1.54) is 0 Å². The molecule has 0 unspecified atom stereocenters. The number of urea groups is 1. The molecular formula is C10H12N2O4. The average molecular weight is 224 g/mol. The molecule has 16 heavy (non-hydrogen) atoms. The van der Waals surface area contributed by atoms with Crippen LogP contribution in [0.1, 0.15) is 12.8 Å². The van der Waals surface area contributed by atoms with Crippen molar-refractivity contribution in [1.29, 1.82) is 0 Å². The van der Waals surface area contributed by atoms with Crippen molar-refractivity contribution < 1.29 is 20.1 Å². The summed E-state index contributed by atoms with van der Waals surface area (Å²) in [5.41, 5.74) is 0.214. The number of phenolic OH excluding ortho intramolecular Hbond substituents is 3. The third-order valence-electron chi connectivity index (χ3n) is 2.24. The number of hydrogen-bond acceptors (Lipinski definition) is 4. The summed E-state index contributed by atoms with van der Waals surface area (Å²) in [6, 6.07) is 2.13. The highest BCUT2D eigenvalue weighted by Gasteiger charge is 2.23. The van der Waals surface area contributed by atoms with Crippen LogP contribution in [0.4, 0.5) is 10.5 Å². The van der Waals surface area contributed by atoms with Gasteiger partial charge in [-0.3, -0.25) is 0 Å². The van der Waals surface area contributed by atoms with Gasteiger partial charge in [-0.25, -0.2) is 4.79 Å². The molecule has 0 saturated heterocycles. The minimum atomic E-state index is -0.604. The smallest absolute Gasteiger partial charge is 0.319 e. The van der Waals surface area contributed by atoms with Crippen LogP contribution in [-0.2, 0) is 0 Å². The highest BCUT2D eigenvalue weighted by molar-refractivity contribution is 5.90. The van der Waals surface area contributed by atoms with Crippen molar-refractivity contribution in [2.45, 2.75) is 18.9 Å². The fourth-order valence-corrected chi connectivity index (χ4v) is 1.26. The normalized spacial score (nSPS) is 14.5. The highest BCUT2D eigenvalue weighted by Crippen LogP contribution is 2.37. The fourth-order valence-electron chi connectivity index (χ4n) is 1.26. The van der Waals surface area contributed by atoms with Gasteiger partial charge in [0.25, 0.3) is 0 Å². The average Bonchev–Trinajstić information content (AvgIpc) is 2.97. The first-order valence-electron chi connectivity index (χ1n) is 4.88. The predicted molar refractivity (Wildman–Crippen MR) is 56.6 cm³/mol. The lowest BCUT2D eigenvalue weighted by atomic mass is 10.2. The van der Waals surface area contributed by atoms with Crippen LogP contribution in [0.5, 0.6) is 17.2 Å². The molecule has 1 aromatic rings. The standard InChI is InChI=1S/C10H12N2O4/c13-7-3-6(4-8(14)9(7)15)12-10(16)11-5-1-2-5/h3-5,13-15H,1-2H2,(H2,11,12,16). The molecular weight excluding hydrogens is 212 g/mol. The maximum atomic E-state index is 11.3. The van der Waals surface area contributed by atoms with E-state index >= 15 is 0 Å². The van der Waals surface area contributed by atoms with Gasteiger partial charge in [-0.2, -0.15) is 0 Å². The van der Waals surface area contributed by atoms with Crippen molar-refractivity contribution in [2.24, 2.45) is 0 Å². The van der Waals surface area contributed by atoms with Crippen LogP contribution >= 0.6 is 0 Å². The molecule has 6 heteroatoms. The number of aromatic hydroxyl groups is 3. The molecule has 0 aliphatic heterocycles. The Morgan fingerprint density at radius 3 is 2.25 bits per heavy atom. The largest absolute Gasteiger partial charge is 0.504 e. The molecule has 0 bridgehead atoms. The van der Waals surface area contributed by atoms with Gasteiger partial charge in [0, 0.05) is 18.2 Å². The number of hydrogen-bond donors (Lipinski definition) is 5. The molecule has 1 saturated carbocycles. The van der Waals surface area contributed by atoms with E-state index < -0.39 is 23.3 Å². The first kappa shape index (κ1) is 10.4. The molecule has 6 nitrogen and oxygen atoms in total. The van der Waals surface area contributed by atoms with Crippen molar-refractivity contribution in [2.75, 3.05) is 5.32 Å². The minimum absolute atomic E-state index is 0.214. The van der Waals surface area contributed by atoms with Crippen LogP contribution in [0, 0.1) is 0 Å². The third-order valence-corrected chi connectivity index (χ3v) is 2.24. The van der Waals surface area contributed by atoms with Crippen molar-refractivity contribution in [3.05, 3.63) is 12.1 Å². The summed E-state index contributed by atoms with van der Waals surface area (Å²) >= 11 is 0. The van der Waals surface area contributed by atoms with Crippen LogP contribution in [0.25, 0.3) is 0 Å². The SMILES string of the molecule is O=C(Nc1cc(O)c(O)c(O)c1)NC1CC1. The van der Waals surface area contributed by atoms with E-state index in [1.807, 2.05) is 0 Å². The van der Waals surface area contributed by atoms with E-state index in [0.29, 0.717) is 0 Å². The van der Waals surface area contributed by atoms with Crippen LogP contribution in [0.15, 0.2) is 12.1 Å². The number of amides is 2. The van der Waals surface area contributed by atoms with E-state index in [0.717, 1.165) is 25.0 Å². The van der Waals surface area contributed by atoms with E-state index in [4.69, 9.17) is 5.11 Å². The van der Waals surface area contributed by atoms with Gasteiger partial charge in [0.2, 0.25) is 0 Å². The lowest BCUT2D eigenvalue weighted by Crippen LogP contribution is -2.30. The molecule has 0 aromatic heterocycles. The second kappa shape index (κ2) is 3.80. The second-order valence-electron chi connectivity index (χ2n) is 3.74. The molecule has 0 heterocycles. The molecule has 0 radical (unpaired) electrons. The molecule has 2 amide bonds. The number of carbonyl (C=O) groups is 1. The number of benzene rings is 1. The van der Waals surface area contributed by atoms with Crippen LogP contribution in [0.2, 0.25) is 0 Å². The van der Waals surface area contributed by atoms with E-state index in [9.17, 15) is 15.0 Å². The Morgan fingerprint density at radius 2 is 1.75 bits per heavy atom. The lowest BCUT2D eigenvalue weighted by Gasteiger charge is -2.08. The number of carbonyl (C=O) groups excluding carboxylic acids is 1. The Hall–Kier alpha value is -2.11. The lowest BCUT2D eigenvalue weighted by molar-refractivity contribution is 0.251. The van der Waals surface area contributed by atoms with Crippen LogP contribution in [-0.4, -0.2) is 27.4 Å². The number of anilines is 1. The van der Waals surface area contributed by atoms with Gasteiger partial charge in [0.05, 0.1) is 5.69 Å². The van der Waals surface area contributed by atoms with Crippen molar-refractivity contribution in [3.63, 3.8) is 0 Å². The maximum absolute atomic E-state index is 11.3. The monoisotopic (exact) mass is 224 g/mol. The van der Waals surface area contributed by atoms with Crippen LogP contribution in [0.3, 0.4) is 0 Å². The molecule has 86 valence electrons. The van der Waals surface area contributed by atoms with Gasteiger partial charge in [-0.15, -0.1) is 0 Å². The Kier molecular flexibility index (Phi) is 2.47. The Morgan fingerprint density at radius 1 is 1.19 bits per heavy atom. The van der Waals surface area contributed by atoms with Gasteiger partial charge in [-0.1, -0.05) is 0 Å². The second-order valence-corrected chi connectivity index (χ2v) is 3.74. The maximum Gasteiger partial charge on any atom is 0.319 e. The molecule has 1 fully saturated rings. The van der Waals surface area contributed by atoms with Crippen molar-refractivity contribution in [1.82, 2.24) is 5.32 Å². The Balaban J connectivity index is 2.05. The fraction of sp³-hybridized carbons (Fsp3) is 0.300.